The summed E-state index contributed by atoms with van der Waals surface area (Å²) in [5.41, 5.74) is 10.0. The highest BCUT2D eigenvalue weighted by Gasteiger charge is 2.17. The summed E-state index contributed by atoms with van der Waals surface area (Å²) in [5.74, 6) is 1.03. The zero-order chi connectivity index (χ0) is 14.1. The van der Waals surface area contributed by atoms with Gasteiger partial charge in [-0.1, -0.05) is 37.3 Å². The fourth-order valence-electron chi connectivity index (χ4n) is 2.87. The van der Waals surface area contributed by atoms with Crippen LogP contribution in [0.4, 0.5) is 5.69 Å². The second-order valence-corrected chi connectivity index (χ2v) is 5.11. The average molecular weight is 265 g/mol. The van der Waals surface area contributed by atoms with Gasteiger partial charge in [-0.2, -0.15) is 0 Å². The minimum Gasteiger partial charge on any atom is -0.399 e. The van der Waals surface area contributed by atoms with E-state index in [0.29, 0.717) is 6.04 Å². The summed E-state index contributed by atoms with van der Waals surface area (Å²) in [5, 5.41) is 0. The minimum atomic E-state index is 0.310. The maximum atomic E-state index is 5.85. The average Bonchev–Trinajstić information content (AvgIpc) is 2.77. The van der Waals surface area contributed by atoms with E-state index in [1.54, 1.807) is 0 Å². The molecule has 0 aliphatic carbocycles. The second kappa shape index (κ2) is 5.00. The van der Waals surface area contributed by atoms with Crippen molar-refractivity contribution in [3.05, 3.63) is 59.9 Å². The number of anilines is 1. The van der Waals surface area contributed by atoms with E-state index < -0.39 is 0 Å². The maximum Gasteiger partial charge on any atom is 0.107 e. The van der Waals surface area contributed by atoms with Crippen molar-refractivity contribution in [3.63, 3.8) is 0 Å². The molecular formula is C17H19N3. The normalized spacial score (nSPS) is 12.7. The van der Waals surface area contributed by atoms with Gasteiger partial charge in [0.25, 0.3) is 0 Å². The van der Waals surface area contributed by atoms with Gasteiger partial charge < -0.3 is 10.3 Å². The van der Waals surface area contributed by atoms with E-state index in [-0.39, 0.29) is 0 Å². The van der Waals surface area contributed by atoms with Crippen LogP contribution < -0.4 is 5.73 Å². The van der Waals surface area contributed by atoms with Crippen LogP contribution in [0.15, 0.2) is 48.5 Å². The first-order chi connectivity index (χ1) is 9.70. The number of imidazole rings is 1. The van der Waals surface area contributed by atoms with E-state index in [0.717, 1.165) is 29.0 Å². The number of rotatable bonds is 3. The van der Waals surface area contributed by atoms with Crippen molar-refractivity contribution in [2.75, 3.05) is 5.73 Å². The van der Waals surface area contributed by atoms with Crippen LogP contribution in [0.2, 0.25) is 0 Å². The van der Waals surface area contributed by atoms with Crippen LogP contribution in [0.5, 0.6) is 0 Å². The largest absolute Gasteiger partial charge is 0.399 e. The third-order valence-electron chi connectivity index (χ3n) is 3.77. The van der Waals surface area contributed by atoms with Crippen molar-refractivity contribution < 1.29 is 0 Å². The number of hydrogen-bond acceptors (Lipinski definition) is 2. The number of aryl methyl sites for hydroxylation is 1. The molecule has 102 valence electrons. The molecule has 3 nitrogen and oxygen atoms in total. The Bertz CT molecular complexity index is 729. The highest BCUT2D eigenvalue weighted by atomic mass is 15.1. The smallest absolute Gasteiger partial charge is 0.107 e. The first kappa shape index (κ1) is 12.7. The van der Waals surface area contributed by atoms with Gasteiger partial charge in [-0.15, -0.1) is 0 Å². The molecule has 2 N–H and O–H groups in total. The summed E-state index contributed by atoms with van der Waals surface area (Å²) in [6.07, 6.45) is 1.03. The van der Waals surface area contributed by atoms with Crippen molar-refractivity contribution in [2.24, 2.45) is 0 Å². The van der Waals surface area contributed by atoms with Crippen molar-refractivity contribution in [2.45, 2.75) is 26.3 Å². The van der Waals surface area contributed by atoms with E-state index in [1.807, 2.05) is 12.1 Å². The Kier molecular flexibility index (Phi) is 3.18. The highest BCUT2D eigenvalue weighted by molar-refractivity contribution is 5.80. The van der Waals surface area contributed by atoms with E-state index >= 15 is 0 Å². The SMILES string of the molecule is CCC(c1ccccc1)n1c(C)nc2cc(N)ccc21. The molecule has 0 aliphatic heterocycles. The molecule has 3 heteroatoms. The van der Waals surface area contributed by atoms with Crippen LogP contribution in [0.1, 0.15) is 30.8 Å². The predicted octanol–water partition coefficient (Wildman–Crippen LogP) is 3.93. The molecule has 0 radical (unpaired) electrons. The number of nitrogens with zero attached hydrogens (tertiary/aromatic N) is 2. The topological polar surface area (TPSA) is 43.8 Å². The van der Waals surface area contributed by atoms with Crippen molar-refractivity contribution in [1.82, 2.24) is 9.55 Å². The maximum absolute atomic E-state index is 5.85. The fraction of sp³-hybridized carbons (Fsp3) is 0.235. The monoisotopic (exact) mass is 265 g/mol. The molecule has 0 saturated heterocycles. The lowest BCUT2D eigenvalue weighted by Gasteiger charge is -2.20. The van der Waals surface area contributed by atoms with Gasteiger partial charge in [0.05, 0.1) is 17.1 Å². The van der Waals surface area contributed by atoms with Gasteiger partial charge in [0, 0.05) is 5.69 Å². The van der Waals surface area contributed by atoms with Gasteiger partial charge in [0.2, 0.25) is 0 Å². The molecule has 20 heavy (non-hydrogen) atoms. The molecule has 3 aromatic rings. The van der Waals surface area contributed by atoms with Crippen LogP contribution >= 0.6 is 0 Å². The number of nitrogens with two attached hydrogens (primary N) is 1. The van der Waals surface area contributed by atoms with Crippen LogP contribution in [0.3, 0.4) is 0 Å². The van der Waals surface area contributed by atoms with Crippen molar-refractivity contribution in [3.8, 4) is 0 Å². The number of hydrogen-bond donors (Lipinski definition) is 1. The molecule has 1 aromatic heterocycles. The van der Waals surface area contributed by atoms with E-state index in [9.17, 15) is 0 Å². The molecule has 0 spiro atoms. The summed E-state index contributed by atoms with van der Waals surface area (Å²) >= 11 is 0. The molecular weight excluding hydrogens is 246 g/mol. The van der Waals surface area contributed by atoms with Gasteiger partial charge in [0.15, 0.2) is 0 Å². The summed E-state index contributed by atoms with van der Waals surface area (Å²) in [6, 6.07) is 16.8. The number of benzene rings is 2. The molecule has 2 aromatic carbocycles. The first-order valence-corrected chi connectivity index (χ1v) is 6.99. The lowest BCUT2D eigenvalue weighted by molar-refractivity contribution is 0.567. The highest BCUT2D eigenvalue weighted by Crippen LogP contribution is 2.29. The molecule has 0 aliphatic rings. The predicted molar refractivity (Wildman–Crippen MR) is 83.8 cm³/mol. The fourth-order valence-corrected chi connectivity index (χ4v) is 2.87. The molecule has 0 fully saturated rings. The molecule has 0 saturated carbocycles. The van der Waals surface area contributed by atoms with Crippen LogP contribution in [-0.4, -0.2) is 9.55 Å². The Balaban J connectivity index is 2.19. The summed E-state index contributed by atoms with van der Waals surface area (Å²) in [6.45, 7) is 4.27. The molecule has 1 heterocycles. The summed E-state index contributed by atoms with van der Waals surface area (Å²) in [7, 11) is 0. The Hall–Kier alpha value is -2.29. The quantitative estimate of drug-likeness (QED) is 0.729. The zero-order valence-electron chi connectivity index (χ0n) is 11.9. The third-order valence-corrected chi connectivity index (χ3v) is 3.77. The second-order valence-electron chi connectivity index (χ2n) is 5.11. The minimum absolute atomic E-state index is 0.310. The van der Waals surface area contributed by atoms with Crippen LogP contribution in [-0.2, 0) is 0 Å². The molecule has 1 atom stereocenters. The first-order valence-electron chi connectivity index (χ1n) is 6.99. The summed E-state index contributed by atoms with van der Waals surface area (Å²) in [4.78, 5) is 4.65. The van der Waals surface area contributed by atoms with Gasteiger partial charge in [-0.3, -0.25) is 0 Å². The summed E-state index contributed by atoms with van der Waals surface area (Å²) < 4.78 is 2.31. The van der Waals surface area contributed by atoms with Gasteiger partial charge in [0.1, 0.15) is 5.82 Å². The Morgan fingerprint density at radius 2 is 1.90 bits per heavy atom. The van der Waals surface area contributed by atoms with Gasteiger partial charge >= 0.3 is 0 Å². The van der Waals surface area contributed by atoms with E-state index in [4.69, 9.17) is 5.73 Å². The van der Waals surface area contributed by atoms with Crippen molar-refractivity contribution in [1.29, 1.82) is 0 Å². The van der Waals surface area contributed by atoms with Gasteiger partial charge in [-0.25, -0.2) is 4.98 Å². The molecule has 0 bridgehead atoms. The number of fused-ring (bicyclic) bond motifs is 1. The molecule has 3 rings (SSSR count). The molecule has 0 amide bonds. The zero-order valence-corrected chi connectivity index (χ0v) is 11.9. The van der Waals surface area contributed by atoms with E-state index in [2.05, 4.69) is 59.8 Å². The number of aromatic nitrogens is 2. The number of nitrogen functional groups attached to an aromatic ring is 1. The lowest BCUT2D eigenvalue weighted by atomic mass is 10.0. The Morgan fingerprint density at radius 1 is 1.15 bits per heavy atom. The van der Waals surface area contributed by atoms with Gasteiger partial charge in [-0.05, 0) is 37.1 Å². The van der Waals surface area contributed by atoms with Crippen LogP contribution in [0.25, 0.3) is 11.0 Å². The molecule has 1 unspecified atom stereocenters. The standard InChI is InChI=1S/C17H19N3/c1-3-16(13-7-5-4-6-8-13)20-12(2)19-15-11-14(18)9-10-17(15)20/h4-11,16H,3,18H2,1-2H3. The Labute approximate surface area is 119 Å². The Morgan fingerprint density at radius 3 is 2.60 bits per heavy atom. The lowest BCUT2D eigenvalue weighted by Crippen LogP contribution is -2.11. The van der Waals surface area contributed by atoms with Crippen molar-refractivity contribution >= 4 is 16.7 Å². The van der Waals surface area contributed by atoms with E-state index in [1.165, 1.54) is 5.56 Å². The third kappa shape index (κ3) is 2.05. The van der Waals surface area contributed by atoms with Crippen LogP contribution in [0, 0.1) is 6.92 Å².